The number of hydrogen-bond acceptors (Lipinski definition) is 2. The first kappa shape index (κ1) is 11.4. The number of nitrogens with zero attached hydrogens (tertiary/aromatic N) is 1. The molecule has 0 aromatic rings. The van der Waals surface area contributed by atoms with Crippen molar-refractivity contribution in [3.63, 3.8) is 0 Å². The number of hydrogen-bond donors (Lipinski definition) is 1. The van der Waals surface area contributed by atoms with E-state index in [0.717, 1.165) is 19.5 Å². The van der Waals surface area contributed by atoms with E-state index in [1.807, 2.05) is 14.0 Å². The zero-order chi connectivity index (χ0) is 10.7. The van der Waals surface area contributed by atoms with E-state index in [4.69, 9.17) is 0 Å². The highest BCUT2D eigenvalue weighted by atomic mass is 19.3. The van der Waals surface area contributed by atoms with Crippen molar-refractivity contribution in [3.8, 4) is 0 Å². The lowest BCUT2D eigenvalue weighted by atomic mass is 9.94. The summed E-state index contributed by atoms with van der Waals surface area (Å²) in [6.07, 6.45) is -2.15. The fourth-order valence-electron chi connectivity index (χ4n) is 1.81. The zero-order valence-electron chi connectivity index (χ0n) is 8.46. The van der Waals surface area contributed by atoms with Crippen molar-refractivity contribution in [2.45, 2.75) is 25.8 Å². The lowest BCUT2D eigenvalue weighted by Gasteiger charge is -2.35. The molecule has 0 bridgehead atoms. The lowest BCUT2D eigenvalue weighted by molar-refractivity contribution is -0.133. The van der Waals surface area contributed by atoms with Gasteiger partial charge in [-0.05, 0) is 25.9 Å². The number of piperidine rings is 1. The number of amides is 1. The van der Waals surface area contributed by atoms with Crippen LogP contribution in [0.2, 0.25) is 0 Å². The number of alkyl halides is 2. The van der Waals surface area contributed by atoms with Gasteiger partial charge in [0.25, 0.3) is 5.91 Å². The maximum Gasteiger partial charge on any atom is 0.315 e. The first-order valence-electron chi connectivity index (χ1n) is 4.77. The SMILES string of the molecule is CC1CN(C)CCC1NC(=O)C(F)F. The standard InChI is InChI=1S/C9H16F2N2O/c1-6-5-13(2)4-3-7(6)12-9(14)8(10)11/h6-8H,3-5H2,1-2H3,(H,12,14). The Kier molecular flexibility index (Phi) is 3.80. The minimum atomic E-state index is -2.90. The monoisotopic (exact) mass is 206 g/mol. The van der Waals surface area contributed by atoms with Crippen LogP contribution in [0.4, 0.5) is 8.78 Å². The summed E-state index contributed by atoms with van der Waals surface area (Å²) in [4.78, 5) is 12.9. The Morgan fingerprint density at radius 3 is 2.71 bits per heavy atom. The van der Waals surface area contributed by atoms with Gasteiger partial charge in [0, 0.05) is 12.6 Å². The third kappa shape index (κ3) is 2.90. The van der Waals surface area contributed by atoms with E-state index in [-0.39, 0.29) is 12.0 Å². The van der Waals surface area contributed by atoms with Crippen molar-refractivity contribution in [1.29, 1.82) is 0 Å². The highest BCUT2D eigenvalue weighted by Gasteiger charge is 2.27. The number of rotatable bonds is 2. The van der Waals surface area contributed by atoms with Gasteiger partial charge in [0.2, 0.25) is 0 Å². The topological polar surface area (TPSA) is 32.3 Å². The maximum atomic E-state index is 12.0. The predicted octanol–water partition coefficient (Wildman–Crippen LogP) is 0.708. The van der Waals surface area contributed by atoms with E-state index in [2.05, 4.69) is 10.2 Å². The number of halogens is 2. The molecule has 1 aliphatic heterocycles. The second-order valence-electron chi connectivity index (χ2n) is 3.94. The molecule has 3 nitrogen and oxygen atoms in total. The van der Waals surface area contributed by atoms with E-state index < -0.39 is 12.3 Å². The molecule has 0 spiro atoms. The highest BCUT2D eigenvalue weighted by Crippen LogP contribution is 2.15. The summed E-state index contributed by atoms with van der Waals surface area (Å²) in [6, 6.07) is -0.104. The molecule has 1 rings (SSSR count). The van der Waals surface area contributed by atoms with Crippen LogP contribution in [0, 0.1) is 5.92 Å². The molecule has 0 saturated carbocycles. The smallest absolute Gasteiger partial charge is 0.315 e. The van der Waals surface area contributed by atoms with Crippen LogP contribution in [0.15, 0.2) is 0 Å². The number of carbonyl (C=O) groups excluding carboxylic acids is 1. The van der Waals surface area contributed by atoms with E-state index in [1.165, 1.54) is 0 Å². The van der Waals surface area contributed by atoms with E-state index >= 15 is 0 Å². The third-order valence-corrected chi connectivity index (χ3v) is 2.63. The normalized spacial score (nSPS) is 29.2. The summed E-state index contributed by atoms with van der Waals surface area (Å²) in [6.45, 7) is 3.65. The van der Waals surface area contributed by atoms with Gasteiger partial charge in [0.15, 0.2) is 0 Å². The van der Waals surface area contributed by atoms with E-state index in [1.54, 1.807) is 0 Å². The van der Waals surface area contributed by atoms with Crippen LogP contribution in [0.5, 0.6) is 0 Å². The molecule has 14 heavy (non-hydrogen) atoms. The van der Waals surface area contributed by atoms with Crippen LogP contribution in [0.1, 0.15) is 13.3 Å². The minimum absolute atomic E-state index is 0.104. The van der Waals surface area contributed by atoms with Crippen LogP contribution in [0.25, 0.3) is 0 Å². The Morgan fingerprint density at radius 2 is 2.21 bits per heavy atom. The summed E-state index contributed by atoms with van der Waals surface area (Å²) in [5.74, 6) is -0.914. The van der Waals surface area contributed by atoms with Crippen LogP contribution < -0.4 is 5.32 Å². The van der Waals surface area contributed by atoms with Crippen LogP contribution in [-0.4, -0.2) is 43.4 Å². The Morgan fingerprint density at radius 1 is 1.57 bits per heavy atom. The van der Waals surface area contributed by atoms with Gasteiger partial charge < -0.3 is 10.2 Å². The Hall–Kier alpha value is -0.710. The van der Waals surface area contributed by atoms with Gasteiger partial charge in [-0.25, -0.2) is 0 Å². The Balaban J connectivity index is 2.41. The van der Waals surface area contributed by atoms with Crippen LogP contribution in [-0.2, 0) is 4.79 Å². The van der Waals surface area contributed by atoms with E-state index in [9.17, 15) is 13.6 Å². The molecule has 5 heteroatoms. The largest absolute Gasteiger partial charge is 0.348 e. The molecule has 82 valence electrons. The summed E-state index contributed by atoms with van der Waals surface area (Å²) in [5.41, 5.74) is 0. The van der Waals surface area contributed by atoms with Gasteiger partial charge >= 0.3 is 6.43 Å². The fraction of sp³-hybridized carbons (Fsp3) is 0.889. The van der Waals surface area contributed by atoms with Crippen molar-refractivity contribution in [2.24, 2.45) is 5.92 Å². The zero-order valence-corrected chi connectivity index (χ0v) is 8.46. The average Bonchev–Trinajstić information content (AvgIpc) is 2.09. The second-order valence-corrected chi connectivity index (χ2v) is 3.94. The average molecular weight is 206 g/mol. The third-order valence-electron chi connectivity index (χ3n) is 2.63. The first-order valence-corrected chi connectivity index (χ1v) is 4.77. The predicted molar refractivity (Wildman–Crippen MR) is 49.2 cm³/mol. The molecule has 1 heterocycles. The van der Waals surface area contributed by atoms with E-state index in [0.29, 0.717) is 0 Å². The van der Waals surface area contributed by atoms with Crippen molar-refractivity contribution >= 4 is 5.91 Å². The first-order chi connectivity index (χ1) is 6.50. The van der Waals surface area contributed by atoms with Gasteiger partial charge in [0.1, 0.15) is 0 Å². The van der Waals surface area contributed by atoms with Crippen molar-refractivity contribution in [3.05, 3.63) is 0 Å². The molecule has 1 fully saturated rings. The molecular weight excluding hydrogens is 190 g/mol. The van der Waals surface area contributed by atoms with Crippen molar-refractivity contribution in [1.82, 2.24) is 10.2 Å². The summed E-state index contributed by atoms with van der Waals surface area (Å²) in [5, 5.41) is 2.37. The van der Waals surface area contributed by atoms with Gasteiger partial charge in [-0.2, -0.15) is 8.78 Å². The number of likely N-dealkylation sites (tertiary alicyclic amines) is 1. The summed E-state index contributed by atoms with van der Waals surface area (Å²) >= 11 is 0. The maximum absolute atomic E-state index is 12.0. The summed E-state index contributed by atoms with van der Waals surface area (Å²) < 4.78 is 23.9. The molecule has 1 amide bonds. The number of carbonyl (C=O) groups is 1. The Labute approximate surface area is 82.5 Å². The molecule has 1 N–H and O–H groups in total. The second kappa shape index (κ2) is 4.68. The quantitative estimate of drug-likeness (QED) is 0.721. The molecule has 2 atom stereocenters. The molecule has 1 aliphatic rings. The van der Waals surface area contributed by atoms with Crippen molar-refractivity contribution < 1.29 is 13.6 Å². The molecule has 0 aromatic carbocycles. The minimum Gasteiger partial charge on any atom is -0.348 e. The molecule has 0 aliphatic carbocycles. The van der Waals surface area contributed by atoms with Gasteiger partial charge in [-0.3, -0.25) is 4.79 Å². The molecule has 1 saturated heterocycles. The van der Waals surface area contributed by atoms with Gasteiger partial charge in [-0.1, -0.05) is 6.92 Å². The molecule has 0 radical (unpaired) electrons. The fourth-order valence-corrected chi connectivity index (χ4v) is 1.81. The van der Waals surface area contributed by atoms with Gasteiger partial charge in [-0.15, -0.1) is 0 Å². The molecule has 2 unspecified atom stereocenters. The number of nitrogens with one attached hydrogen (secondary N) is 1. The van der Waals surface area contributed by atoms with Crippen LogP contribution >= 0.6 is 0 Å². The lowest BCUT2D eigenvalue weighted by Crippen LogP contribution is -2.50. The summed E-state index contributed by atoms with van der Waals surface area (Å²) in [7, 11) is 1.99. The Bertz CT molecular complexity index is 211. The van der Waals surface area contributed by atoms with Gasteiger partial charge in [0.05, 0.1) is 0 Å². The molecule has 0 aromatic heterocycles. The molecular formula is C9H16F2N2O. The highest BCUT2D eigenvalue weighted by molar-refractivity contribution is 5.79. The van der Waals surface area contributed by atoms with Crippen molar-refractivity contribution in [2.75, 3.05) is 20.1 Å². The van der Waals surface area contributed by atoms with Crippen LogP contribution in [0.3, 0.4) is 0 Å².